The van der Waals surface area contributed by atoms with E-state index in [2.05, 4.69) is 32.7 Å². The number of guanidine groups is 1. The molecule has 7 nitrogen and oxygen atoms in total. The van der Waals surface area contributed by atoms with Gasteiger partial charge in [-0.2, -0.15) is 0 Å². The quantitative estimate of drug-likeness (QED) is 0.359. The molecule has 1 fully saturated rings. The number of rotatable bonds is 10. The highest BCUT2D eigenvalue weighted by atomic mass is 16.5. The first-order valence-corrected chi connectivity index (χ1v) is 10.1. The number of amides is 1. The van der Waals surface area contributed by atoms with Crippen molar-refractivity contribution in [1.29, 1.82) is 0 Å². The summed E-state index contributed by atoms with van der Waals surface area (Å²) in [5.74, 6) is 0.754. The minimum Gasteiger partial charge on any atom is -0.385 e. The number of aliphatic imine (C=N–C) groups is 1. The van der Waals surface area contributed by atoms with Gasteiger partial charge in [-0.3, -0.25) is 9.79 Å². The SMILES string of the molecule is CN=C(NCC(=O)NCCc1ccccc1)N1CCC(OCCCOC)CC1. The van der Waals surface area contributed by atoms with Crippen molar-refractivity contribution in [2.45, 2.75) is 31.8 Å². The van der Waals surface area contributed by atoms with E-state index in [1.165, 1.54) is 5.56 Å². The monoisotopic (exact) mass is 390 g/mol. The maximum absolute atomic E-state index is 12.1. The largest absolute Gasteiger partial charge is 0.385 e. The molecule has 0 aliphatic carbocycles. The fourth-order valence-electron chi connectivity index (χ4n) is 3.23. The lowest BCUT2D eigenvalue weighted by Crippen LogP contribution is -2.49. The molecule has 2 rings (SSSR count). The van der Waals surface area contributed by atoms with Crippen LogP contribution in [0.5, 0.6) is 0 Å². The second-order valence-corrected chi connectivity index (χ2v) is 6.89. The van der Waals surface area contributed by atoms with Crippen molar-refractivity contribution in [3.63, 3.8) is 0 Å². The van der Waals surface area contributed by atoms with Crippen LogP contribution in [0.2, 0.25) is 0 Å². The molecular weight excluding hydrogens is 356 g/mol. The summed E-state index contributed by atoms with van der Waals surface area (Å²) in [6.07, 6.45) is 4.00. The van der Waals surface area contributed by atoms with Gasteiger partial charge in [0.1, 0.15) is 0 Å². The molecule has 1 amide bonds. The molecule has 1 aliphatic heterocycles. The van der Waals surface area contributed by atoms with Gasteiger partial charge < -0.3 is 25.0 Å². The van der Waals surface area contributed by atoms with Crippen LogP contribution in [-0.4, -0.2) is 76.4 Å². The van der Waals surface area contributed by atoms with Crippen molar-refractivity contribution in [3.8, 4) is 0 Å². The highest BCUT2D eigenvalue weighted by Gasteiger charge is 2.22. The van der Waals surface area contributed by atoms with Crippen molar-refractivity contribution in [2.75, 3.05) is 53.6 Å². The molecule has 0 unspecified atom stereocenters. The van der Waals surface area contributed by atoms with Crippen LogP contribution in [0.4, 0.5) is 0 Å². The molecule has 156 valence electrons. The summed E-state index contributed by atoms with van der Waals surface area (Å²) in [6.45, 7) is 4.11. The van der Waals surface area contributed by atoms with Gasteiger partial charge >= 0.3 is 0 Å². The Morgan fingerprint density at radius 1 is 1.18 bits per heavy atom. The summed E-state index contributed by atoms with van der Waals surface area (Å²) in [4.78, 5) is 18.6. The van der Waals surface area contributed by atoms with Crippen LogP contribution < -0.4 is 10.6 Å². The van der Waals surface area contributed by atoms with Crippen molar-refractivity contribution >= 4 is 11.9 Å². The van der Waals surface area contributed by atoms with E-state index in [1.807, 2.05) is 18.2 Å². The minimum atomic E-state index is -0.0200. The first kappa shape index (κ1) is 22.2. The van der Waals surface area contributed by atoms with Gasteiger partial charge in [-0.25, -0.2) is 0 Å². The molecule has 7 heteroatoms. The third-order valence-corrected chi connectivity index (χ3v) is 4.79. The second-order valence-electron chi connectivity index (χ2n) is 6.89. The van der Waals surface area contributed by atoms with E-state index < -0.39 is 0 Å². The predicted octanol–water partition coefficient (Wildman–Crippen LogP) is 1.44. The molecular formula is C21H34N4O3. The molecule has 2 N–H and O–H groups in total. The number of benzene rings is 1. The van der Waals surface area contributed by atoms with Crippen LogP contribution in [0.15, 0.2) is 35.3 Å². The standard InChI is InChI=1S/C21H34N4O3/c1-22-21(25-13-10-19(11-14-25)28-16-6-15-27-2)24-17-20(26)23-12-9-18-7-4-3-5-8-18/h3-5,7-8,19H,6,9-17H2,1-2H3,(H,22,24)(H,23,26). The summed E-state index contributed by atoms with van der Waals surface area (Å²) in [6, 6.07) is 10.1. The third kappa shape index (κ3) is 8.27. The van der Waals surface area contributed by atoms with Gasteiger partial charge in [0.15, 0.2) is 5.96 Å². The first-order chi connectivity index (χ1) is 13.7. The van der Waals surface area contributed by atoms with E-state index in [0.29, 0.717) is 12.6 Å². The molecule has 1 aromatic carbocycles. The second kappa shape index (κ2) is 13.1. The molecule has 0 spiro atoms. The first-order valence-electron chi connectivity index (χ1n) is 10.1. The molecule has 1 heterocycles. The number of hydrogen-bond donors (Lipinski definition) is 2. The van der Waals surface area contributed by atoms with Crippen LogP contribution in [0.1, 0.15) is 24.8 Å². The molecule has 0 aromatic heterocycles. The predicted molar refractivity (Wildman–Crippen MR) is 112 cm³/mol. The molecule has 0 radical (unpaired) electrons. The number of nitrogens with one attached hydrogen (secondary N) is 2. The summed E-state index contributed by atoms with van der Waals surface area (Å²) >= 11 is 0. The van der Waals surface area contributed by atoms with Crippen molar-refractivity contribution in [3.05, 3.63) is 35.9 Å². The van der Waals surface area contributed by atoms with E-state index >= 15 is 0 Å². The Hall–Kier alpha value is -2.12. The van der Waals surface area contributed by atoms with Gasteiger partial charge in [0, 0.05) is 47.0 Å². The Kier molecular flexibility index (Phi) is 10.4. The van der Waals surface area contributed by atoms with Crippen LogP contribution in [0.3, 0.4) is 0 Å². The van der Waals surface area contributed by atoms with E-state index in [9.17, 15) is 4.79 Å². The zero-order valence-corrected chi connectivity index (χ0v) is 17.2. The van der Waals surface area contributed by atoms with E-state index in [0.717, 1.165) is 57.9 Å². The molecule has 28 heavy (non-hydrogen) atoms. The maximum atomic E-state index is 12.1. The lowest BCUT2D eigenvalue weighted by molar-refractivity contribution is -0.120. The van der Waals surface area contributed by atoms with E-state index in [1.54, 1.807) is 14.2 Å². The zero-order valence-electron chi connectivity index (χ0n) is 17.2. The zero-order chi connectivity index (χ0) is 20.0. The number of nitrogens with zero attached hydrogens (tertiary/aromatic N) is 2. The Morgan fingerprint density at radius 3 is 2.61 bits per heavy atom. The van der Waals surface area contributed by atoms with Gasteiger partial charge in [0.05, 0.1) is 12.6 Å². The van der Waals surface area contributed by atoms with Gasteiger partial charge in [-0.05, 0) is 31.2 Å². The maximum Gasteiger partial charge on any atom is 0.239 e. The van der Waals surface area contributed by atoms with Gasteiger partial charge in [-0.15, -0.1) is 0 Å². The third-order valence-electron chi connectivity index (χ3n) is 4.79. The number of piperidine rings is 1. The summed E-state index contributed by atoms with van der Waals surface area (Å²) in [5, 5.41) is 6.12. The lowest BCUT2D eigenvalue weighted by atomic mass is 10.1. The molecule has 1 aliphatic rings. The van der Waals surface area contributed by atoms with Gasteiger partial charge in [0.2, 0.25) is 5.91 Å². The van der Waals surface area contributed by atoms with Gasteiger partial charge in [0.25, 0.3) is 0 Å². The van der Waals surface area contributed by atoms with Crippen LogP contribution >= 0.6 is 0 Å². The van der Waals surface area contributed by atoms with Crippen LogP contribution in [-0.2, 0) is 20.7 Å². The number of ether oxygens (including phenoxy) is 2. The number of carbonyl (C=O) groups excluding carboxylic acids is 1. The Labute approximate surface area is 168 Å². The number of hydrogen-bond acceptors (Lipinski definition) is 4. The van der Waals surface area contributed by atoms with Crippen LogP contribution in [0, 0.1) is 0 Å². The highest BCUT2D eigenvalue weighted by molar-refractivity contribution is 5.86. The Morgan fingerprint density at radius 2 is 1.93 bits per heavy atom. The van der Waals surface area contributed by atoms with Gasteiger partial charge in [-0.1, -0.05) is 30.3 Å². The van der Waals surface area contributed by atoms with E-state index in [4.69, 9.17) is 9.47 Å². The Balaban J connectivity index is 1.61. The average Bonchev–Trinajstić information content (AvgIpc) is 2.73. The average molecular weight is 391 g/mol. The van der Waals surface area contributed by atoms with Crippen molar-refractivity contribution in [1.82, 2.24) is 15.5 Å². The molecule has 0 atom stereocenters. The number of carbonyl (C=O) groups is 1. The molecule has 0 bridgehead atoms. The highest BCUT2D eigenvalue weighted by Crippen LogP contribution is 2.14. The van der Waals surface area contributed by atoms with Crippen molar-refractivity contribution in [2.24, 2.45) is 4.99 Å². The normalized spacial score (nSPS) is 15.5. The smallest absolute Gasteiger partial charge is 0.239 e. The van der Waals surface area contributed by atoms with Crippen molar-refractivity contribution < 1.29 is 14.3 Å². The minimum absolute atomic E-state index is 0.0200. The molecule has 1 aromatic rings. The summed E-state index contributed by atoms with van der Waals surface area (Å²) in [7, 11) is 3.46. The molecule has 0 saturated carbocycles. The number of methoxy groups -OCH3 is 1. The summed E-state index contributed by atoms with van der Waals surface area (Å²) in [5.41, 5.74) is 1.22. The van der Waals surface area contributed by atoms with E-state index in [-0.39, 0.29) is 12.5 Å². The fourth-order valence-corrected chi connectivity index (χ4v) is 3.23. The van der Waals surface area contributed by atoms with Crippen LogP contribution in [0.25, 0.3) is 0 Å². The topological polar surface area (TPSA) is 75.2 Å². The Bertz CT molecular complexity index is 587. The number of likely N-dealkylation sites (tertiary alicyclic amines) is 1. The molecule has 1 saturated heterocycles. The summed E-state index contributed by atoms with van der Waals surface area (Å²) < 4.78 is 10.9. The fraction of sp³-hybridized carbons (Fsp3) is 0.619. The lowest BCUT2D eigenvalue weighted by Gasteiger charge is -2.34.